The zero-order valence-electron chi connectivity index (χ0n) is 31.8. The van der Waals surface area contributed by atoms with Crippen molar-refractivity contribution in [2.75, 3.05) is 26.4 Å². The van der Waals surface area contributed by atoms with Crippen LogP contribution in [0.4, 0.5) is 22.7 Å². The third-order valence-electron chi connectivity index (χ3n) is 8.36. The molecule has 0 aliphatic heterocycles. The van der Waals surface area contributed by atoms with Crippen molar-refractivity contribution < 1.29 is 57.5 Å². The van der Waals surface area contributed by atoms with E-state index in [1.807, 2.05) is 109 Å². The molecule has 0 radical (unpaired) electrons. The summed E-state index contributed by atoms with van der Waals surface area (Å²) in [4.78, 5) is 12.0. The van der Waals surface area contributed by atoms with Gasteiger partial charge in [-0.25, -0.2) is 0 Å². The number of phosphoric ester groups is 1. The molecule has 4 aromatic carbocycles. The maximum Gasteiger partial charge on any atom is 1.00 e. The van der Waals surface area contributed by atoms with Gasteiger partial charge in [0.15, 0.2) is 0 Å². The Balaban J connectivity index is 0.00000784. The van der Waals surface area contributed by atoms with E-state index in [1.165, 1.54) is 0 Å². The van der Waals surface area contributed by atoms with Crippen LogP contribution in [0.5, 0.6) is 11.5 Å². The minimum Gasteiger partial charge on any atom is -0.756 e. The maximum absolute atomic E-state index is 12.0. The van der Waals surface area contributed by atoms with Crippen LogP contribution in [0.1, 0.15) is 89.9 Å². The van der Waals surface area contributed by atoms with E-state index in [-0.39, 0.29) is 42.8 Å². The van der Waals surface area contributed by atoms with Gasteiger partial charge in [0.1, 0.15) is 11.5 Å². The van der Waals surface area contributed by atoms with Gasteiger partial charge in [0.2, 0.25) is 0 Å². The zero-order chi connectivity index (χ0) is 37.1. The molecular weight excluding hydrogens is 710 g/mol. The van der Waals surface area contributed by atoms with Crippen molar-refractivity contribution >= 4 is 30.6 Å². The molecular formula is C42H54N4NaO6P. The molecule has 4 aromatic rings. The van der Waals surface area contributed by atoms with Crippen LogP contribution < -0.4 is 43.9 Å². The fraction of sp³-hybridized carbons (Fsp3) is 0.429. The van der Waals surface area contributed by atoms with Crippen LogP contribution >= 0.6 is 7.82 Å². The predicted octanol–water partition coefficient (Wildman–Crippen LogP) is 9.94. The Hall–Kier alpha value is -3.21. The average molecular weight is 765 g/mol. The molecule has 0 unspecified atom stereocenters. The molecule has 0 N–H and O–H groups in total. The Morgan fingerprint density at radius 3 is 1.00 bits per heavy atom. The predicted molar refractivity (Wildman–Crippen MR) is 209 cm³/mol. The van der Waals surface area contributed by atoms with E-state index in [0.29, 0.717) is 26.1 Å². The van der Waals surface area contributed by atoms with Gasteiger partial charge >= 0.3 is 29.6 Å². The summed E-state index contributed by atoms with van der Waals surface area (Å²) < 4.78 is 33.8. The quantitative estimate of drug-likeness (QED) is 0.0245. The van der Waals surface area contributed by atoms with Crippen molar-refractivity contribution in [2.45, 2.75) is 89.9 Å². The Labute approximate surface area is 343 Å². The first kappa shape index (κ1) is 45.2. The second-order valence-electron chi connectivity index (χ2n) is 12.8. The van der Waals surface area contributed by atoms with Gasteiger partial charge in [-0.3, -0.25) is 4.57 Å². The van der Waals surface area contributed by atoms with Gasteiger partial charge in [-0.2, -0.15) is 20.5 Å². The van der Waals surface area contributed by atoms with E-state index < -0.39 is 7.82 Å². The Morgan fingerprint density at radius 2 is 0.667 bits per heavy atom. The number of phosphoric acid groups is 1. The SMILES string of the molecule is O=P([O-])(OCCCCCCCCCOc1ccc(N=Nc2ccccc2)cc1)OCCCCCCCCCOc1ccc(N=Nc2ccccc2)cc1.[Na+]. The number of unbranched alkanes of at least 4 members (excludes halogenated alkanes) is 12. The van der Waals surface area contributed by atoms with E-state index in [1.54, 1.807) is 0 Å². The van der Waals surface area contributed by atoms with E-state index >= 15 is 0 Å². The molecule has 0 aliphatic rings. The number of ether oxygens (including phenoxy) is 2. The molecule has 0 spiro atoms. The molecule has 0 aromatic heterocycles. The van der Waals surface area contributed by atoms with Gasteiger partial charge in [-0.05, 0) is 98.5 Å². The topological polar surface area (TPSA) is 126 Å². The molecule has 0 aliphatic carbocycles. The minimum absolute atomic E-state index is 0. The van der Waals surface area contributed by atoms with Crippen LogP contribution in [-0.2, 0) is 13.6 Å². The van der Waals surface area contributed by atoms with E-state index in [2.05, 4.69) is 20.5 Å². The second kappa shape index (κ2) is 28.2. The first-order chi connectivity index (χ1) is 26.1. The fourth-order valence-electron chi connectivity index (χ4n) is 5.38. The number of azo groups is 2. The maximum atomic E-state index is 12.0. The van der Waals surface area contributed by atoms with Crippen LogP contribution in [0.15, 0.2) is 130 Å². The molecule has 4 rings (SSSR count). The summed E-state index contributed by atoms with van der Waals surface area (Å²) >= 11 is 0. The molecule has 0 saturated carbocycles. The Kier molecular flexibility index (Phi) is 23.6. The first-order valence-corrected chi connectivity index (χ1v) is 20.5. The van der Waals surface area contributed by atoms with Crippen molar-refractivity contribution in [3.05, 3.63) is 109 Å². The standard InChI is InChI=1S/C42H55N4O6P.Na/c47-53(48,51-35-19-9-5-1-3-7-17-33-49-41-29-25-39(26-30-41)45-43-37-21-13-11-14-22-37)52-36-20-10-6-2-4-8-18-34-50-42-31-27-40(28-32-42)46-44-38-23-15-12-16-24-38;/h11-16,21-32H,1-10,17-20,33-36H2,(H,47,48);/q;+1/p-1. The third kappa shape index (κ3) is 21.0. The molecule has 0 fully saturated rings. The minimum atomic E-state index is -4.23. The van der Waals surface area contributed by atoms with Crippen LogP contribution in [0.3, 0.4) is 0 Å². The van der Waals surface area contributed by atoms with E-state index in [0.717, 1.165) is 111 Å². The van der Waals surface area contributed by atoms with Crippen LogP contribution in [0.25, 0.3) is 0 Å². The van der Waals surface area contributed by atoms with Crippen molar-refractivity contribution in [1.82, 2.24) is 0 Å². The van der Waals surface area contributed by atoms with Gasteiger partial charge in [0, 0.05) is 0 Å². The molecule has 0 heterocycles. The van der Waals surface area contributed by atoms with E-state index in [4.69, 9.17) is 18.5 Å². The third-order valence-corrected chi connectivity index (χ3v) is 9.36. The molecule has 0 saturated heterocycles. The van der Waals surface area contributed by atoms with Gasteiger partial charge in [0.05, 0.1) is 49.2 Å². The van der Waals surface area contributed by atoms with Crippen molar-refractivity contribution in [3.8, 4) is 11.5 Å². The van der Waals surface area contributed by atoms with Gasteiger partial charge in [-0.1, -0.05) is 101 Å². The monoisotopic (exact) mass is 764 g/mol. The van der Waals surface area contributed by atoms with Gasteiger partial charge in [0.25, 0.3) is 7.82 Å². The number of hydrogen-bond acceptors (Lipinski definition) is 10. The summed E-state index contributed by atoms with van der Waals surface area (Å²) in [6.45, 7) is 1.71. The summed E-state index contributed by atoms with van der Waals surface area (Å²) in [5, 5.41) is 17.0. The number of benzene rings is 4. The largest absolute Gasteiger partial charge is 1.00 e. The average Bonchev–Trinajstić information content (AvgIpc) is 3.19. The first-order valence-electron chi connectivity index (χ1n) is 19.1. The Bertz CT molecular complexity index is 1510. The summed E-state index contributed by atoms with van der Waals surface area (Å²) in [5.74, 6) is 1.66. The summed E-state index contributed by atoms with van der Waals surface area (Å²) in [6, 6.07) is 34.6. The molecule has 0 bridgehead atoms. The molecule has 284 valence electrons. The van der Waals surface area contributed by atoms with E-state index in [9.17, 15) is 9.46 Å². The van der Waals surface area contributed by atoms with Crippen molar-refractivity contribution in [2.24, 2.45) is 20.5 Å². The van der Waals surface area contributed by atoms with Crippen molar-refractivity contribution in [1.29, 1.82) is 0 Å². The normalized spacial score (nSPS) is 12.5. The zero-order valence-corrected chi connectivity index (χ0v) is 34.7. The number of rotatable bonds is 28. The molecule has 10 nitrogen and oxygen atoms in total. The molecule has 12 heteroatoms. The van der Waals surface area contributed by atoms with Crippen LogP contribution in [0.2, 0.25) is 0 Å². The summed E-state index contributed by atoms with van der Waals surface area (Å²) in [5.41, 5.74) is 3.21. The van der Waals surface area contributed by atoms with Crippen LogP contribution in [0, 0.1) is 0 Å². The number of hydrogen-bond donors (Lipinski definition) is 0. The second-order valence-corrected chi connectivity index (χ2v) is 14.2. The summed E-state index contributed by atoms with van der Waals surface area (Å²) in [7, 11) is -4.23. The number of nitrogens with zero attached hydrogens (tertiary/aromatic N) is 4. The van der Waals surface area contributed by atoms with Gasteiger partial charge in [-0.15, -0.1) is 0 Å². The molecule has 54 heavy (non-hydrogen) atoms. The fourth-order valence-corrected chi connectivity index (χ4v) is 6.16. The Morgan fingerprint density at radius 1 is 0.389 bits per heavy atom. The molecule has 0 amide bonds. The molecule has 0 atom stereocenters. The van der Waals surface area contributed by atoms with Crippen molar-refractivity contribution in [3.63, 3.8) is 0 Å². The van der Waals surface area contributed by atoms with Gasteiger partial charge < -0.3 is 23.4 Å². The van der Waals surface area contributed by atoms with Crippen LogP contribution in [-0.4, -0.2) is 26.4 Å². The summed E-state index contributed by atoms with van der Waals surface area (Å²) in [6.07, 6.45) is 14.0. The smallest absolute Gasteiger partial charge is 0.756 e.